The Morgan fingerprint density at radius 2 is 2.05 bits per heavy atom. The Hall–Kier alpha value is -0.880. The Morgan fingerprint density at radius 3 is 2.53 bits per heavy atom. The van der Waals surface area contributed by atoms with Crippen LogP contribution in [-0.4, -0.2) is 40.3 Å². The highest BCUT2D eigenvalue weighted by molar-refractivity contribution is 7.98. The maximum Gasteiger partial charge on any atom is 0.161 e. The van der Waals surface area contributed by atoms with Crippen molar-refractivity contribution in [2.75, 3.05) is 24.0 Å². The quantitative estimate of drug-likeness (QED) is 0.813. The van der Waals surface area contributed by atoms with E-state index in [1.54, 1.807) is 0 Å². The van der Waals surface area contributed by atoms with Crippen molar-refractivity contribution < 1.29 is 0 Å². The second-order valence-electron chi connectivity index (χ2n) is 4.60. The molecule has 0 aliphatic carbocycles. The number of nitrogens with zero attached hydrogens (tertiary/aromatic N) is 3. The molecule has 0 aromatic carbocycles. The fraction of sp³-hybridized carbons (Fsp3) is 0.615. The molecule has 0 fully saturated rings. The highest BCUT2D eigenvalue weighted by Crippen LogP contribution is 2.24. The molecule has 1 rings (SSSR count). The van der Waals surface area contributed by atoms with Gasteiger partial charge >= 0.3 is 0 Å². The Kier molecular flexibility index (Phi) is 6.00. The molecule has 1 aromatic rings. The average molecular weight is 298 g/mol. The third kappa shape index (κ3) is 3.57. The van der Waals surface area contributed by atoms with Crippen LogP contribution in [0.1, 0.15) is 30.2 Å². The molecule has 19 heavy (non-hydrogen) atoms. The monoisotopic (exact) mass is 298 g/mol. The lowest BCUT2D eigenvalue weighted by Crippen LogP contribution is -2.36. The van der Waals surface area contributed by atoms with Gasteiger partial charge in [-0.15, -0.1) is 5.10 Å². The van der Waals surface area contributed by atoms with E-state index in [0.717, 1.165) is 34.8 Å². The molecule has 2 N–H and O–H groups in total. The van der Waals surface area contributed by atoms with E-state index in [2.05, 4.69) is 28.3 Å². The molecule has 1 heterocycles. The smallest absolute Gasteiger partial charge is 0.161 e. The van der Waals surface area contributed by atoms with Gasteiger partial charge in [0.1, 0.15) is 4.99 Å². The average Bonchev–Trinajstić information content (AvgIpc) is 2.37. The molecule has 1 atom stereocenters. The van der Waals surface area contributed by atoms with Gasteiger partial charge in [-0.25, -0.2) is 0 Å². The number of thioether (sulfide) groups is 1. The Morgan fingerprint density at radius 1 is 1.42 bits per heavy atom. The van der Waals surface area contributed by atoms with E-state index in [1.807, 2.05) is 32.7 Å². The molecule has 6 heteroatoms. The first-order chi connectivity index (χ1) is 8.93. The molecule has 0 spiro atoms. The molecular weight excluding hydrogens is 276 g/mol. The molecular formula is C13H22N4S2. The van der Waals surface area contributed by atoms with E-state index >= 15 is 0 Å². The zero-order valence-corrected chi connectivity index (χ0v) is 13.9. The molecule has 0 aliphatic rings. The second kappa shape index (κ2) is 7.05. The molecule has 1 aromatic heterocycles. The van der Waals surface area contributed by atoms with Gasteiger partial charge in [0, 0.05) is 18.8 Å². The summed E-state index contributed by atoms with van der Waals surface area (Å²) in [5.74, 6) is 1.83. The van der Waals surface area contributed by atoms with Gasteiger partial charge in [0.05, 0.1) is 11.3 Å². The van der Waals surface area contributed by atoms with E-state index in [1.165, 1.54) is 0 Å². The van der Waals surface area contributed by atoms with Crippen LogP contribution >= 0.6 is 24.0 Å². The van der Waals surface area contributed by atoms with Crippen molar-refractivity contribution in [1.82, 2.24) is 10.2 Å². The minimum atomic E-state index is 0.386. The number of anilines is 1. The summed E-state index contributed by atoms with van der Waals surface area (Å²) in [6, 6.07) is 0.402. The van der Waals surface area contributed by atoms with Gasteiger partial charge in [-0.05, 0) is 32.1 Å². The fourth-order valence-electron chi connectivity index (χ4n) is 2.01. The maximum absolute atomic E-state index is 5.87. The van der Waals surface area contributed by atoms with Crippen molar-refractivity contribution in [2.24, 2.45) is 5.73 Å². The van der Waals surface area contributed by atoms with Gasteiger partial charge < -0.3 is 10.6 Å². The Labute approximate surface area is 125 Å². The minimum Gasteiger partial charge on any atom is -0.389 e. The van der Waals surface area contributed by atoms with Crippen LogP contribution in [-0.2, 0) is 0 Å². The van der Waals surface area contributed by atoms with E-state index in [9.17, 15) is 0 Å². The first kappa shape index (κ1) is 16.2. The lowest BCUT2D eigenvalue weighted by molar-refractivity contribution is 0.659. The topological polar surface area (TPSA) is 55.0 Å². The largest absolute Gasteiger partial charge is 0.389 e. The van der Waals surface area contributed by atoms with Gasteiger partial charge in [-0.1, -0.05) is 19.1 Å². The van der Waals surface area contributed by atoms with Gasteiger partial charge in [0.25, 0.3) is 0 Å². The summed E-state index contributed by atoms with van der Waals surface area (Å²) >= 11 is 7.01. The normalized spacial score (nSPS) is 12.3. The van der Waals surface area contributed by atoms with Crippen molar-refractivity contribution in [3.8, 4) is 0 Å². The lowest BCUT2D eigenvalue weighted by atomic mass is 10.1. The molecule has 0 bridgehead atoms. The number of thiocarbonyl (C=S) groups is 1. The number of hydrogen-bond donors (Lipinski definition) is 1. The summed E-state index contributed by atoms with van der Waals surface area (Å²) in [6.45, 7) is 6.09. The summed E-state index contributed by atoms with van der Waals surface area (Å²) in [6.07, 6.45) is 3.15. The maximum atomic E-state index is 5.87. The highest BCUT2D eigenvalue weighted by atomic mass is 32.2. The Bertz CT molecular complexity index is 462. The predicted molar refractivity (Wildman–Crippen MR) is 88.3 cm³/mol. The number of aryl methyl sites for hydroxylation is 1. The van der Waals surface area contributed by atoms with E-state index in [-0.39, 0.29) is 0 Å². The van der Waals surface area contributed by atoms with E-state index < -0.39 is 0 Å². The van der Waals surface area contributed by atoms with Gasteiger partial charge in [0.15, 0.2) is 5.82 Å². The van der Waals surface area contributed by atoms with Gasteiger partial charge in [0.2, 0.25) is 0 Å². The van der Waals surface area contributed by atoms with Crippen LogP contribution in [0.4, 0.5) is 5.82 Å². The number of hydrogen-bond acceptors (Lipinski definition) is 5. The third-order valence-electron chi connectivity index (χ3n) is 3.39. The summed E-state index contributed by atoms with van der Waals surface area (Å²) in [7, 11) is 2.03. The molecule has 4 nitrogen and oxygen atoms in total. The lowest BCUT2D eigenvalue weighted by Gasteiger charge is -2.29. The van der Waals surface area contributed by atoms with Crippen LogP contribution in [0.2, 0.25) is 0 Å². The molecule has 0 radical (unpaired) electrons. The summed E-state index contributed by atoms with van der Waals surface area (Å²) < 4.78 is 0. The minimum absolute atomic E-state index is 0.386. The van der Waals surface area contributed by atoms with Crippen LogP contribution in [0, 0.1) is 13.8 Å². The number of rotatable bonds is 6. The first-order valence-corrected chi connectivity index (χ1v) is 8.09. The van der Waals surface area contributed by atoms with Crippen LogP contribution < -0.4 is 10.6 Å². The molecule has 1 unspecified atom stereocenters. The van der Waals surface area contributed by atoms with Crippen molar-refractivity contribution in [3.63, 3.8) is 0 Å². The van der Waals surface area contributed by atoms with Crippen molar-refractivity contribution in [2.45, 2.75) is 33.2 Å². The predicted octanol–water partition coefficient (Wildman–Crippen LogP) is 2.31. The van der Waals surface area contributed by atoms with Crippen LogP contribution in [0.5, 0.6) is 0 Å². The molecule has 0 amide bonds. The standard InChI is InChI=1S/C13H22N4S2/c1-6-10(7-19-5)17(4)13-11(12(14)18)8(2)9(3)15-16-13/h10H,6-7H2,1-5H3,(H2,14,18). The zero-order valence-electron chi connectivity index (χ0n) is 12.2. The summed E-state index contributed by atoms with van der Waals surface area (Å²) in [5.41, 5.74) is 8.61. The fourth-order valence-corrected chi connectivity index (χ4v) is 3.10. The second-order valence-corrected chi connectivity index (χ2v) is 5.95. The van der Waals surface area contributed by atoms with Crippen LogP contribution in [0.15, 0.2) is 0 Å². The van der Waals surface area contributed by atoms with Gasteiger partial charge in [-0.3, -0.25) is 0 Å². The van der Waals surface area contributed by atoms with E-state index in [0.29, 0.717) is 11.0 Å². The molecule has 0 saturated heterocycles. The van der Waals surface area contributed by atoms with Crippen molar-refractivity contribution >= 4 is 34.8 Å². The Balaban J connectivity index is 3.26. The molecule has 0 aliphatic heterocycles. The van der Waals surface area contributed by atoms with Crippen molar-refractivity contribution in [3.05, 3.63) is 16.8 Å². The number of aromatic nitrogens is 2. The molecule has 106 valence electrons. The van der Waals surface area contributed by atoms with Crippen LogP contribution in [0.25, 0.3) is 0 Å². The number of nitrogens with two attached hydrogens (primary N) is 1. The summed E-state index contributed by atoms with van der Waals surface area (Å²) in [4.78, 5) is 2.53. The van der Waals surface area contributed by atoms with Crippen molar-refractivity contribution in [1.29, 1.82) is 0 Å². The highest BCUT2D eigenvalue weighted by Gasteiger charge is 2.21. The first-order valence-electron chi connectivity index (χ1n) is 6.29. The van der Waals surface area contributed by atoms with E-state index in [4.69, 9.17) is 18.0 Å². The molecule has 0 saturated carbocycles. The third-order valence-corrected chi connectivity index (χ3v) is 4.32. The van der Waals surface area contributed by atoms with Gasteiger partial charge in [-0.2, -0.15) is 16.9 Å². The SMILES string of the molecule is CCC(CSC)N(C)c1nnc(C)c(C)c1C(N)=S. The van der Waals surface area contributed by atoms with Crippen LogP contribution in [0.3, 0.4) is 0 Å². The zero-order chi connectivity index (χ0) is 14.6. The summed E-state index contributed by atoms with van der Waals surface area (Å²) in [5, 5.41) is 8.52.